The third kappa shape index (κ3) is 5.07. The van der Waals surface area contributed by atoms with Crippen molar-refractivity contribution < 1.29 is 14.7 Å². The molecule has 6 nitrogen and oxygen atoms in total. The molecule has 0 bridgehead atoms. The number of aromatic amines is 1. The molecule has 2 aliphatic heterocycles. The first kappa shape index (κ1) is 27.4. The van der Waals surface area contributed by atoms with E-state index in [2.05, 4.69) is 20.9 Å². The topological polar surface area (TPSA) is 76.6 Å². The van der Waals surface area contributed by atoms with Crippen molar-refractivity contribution in [2.24, 2.45) is 0 Å². The first-order valence-corrected chi connectivity index (χ1v) is 15.3. The van der Waals surface area contributed by atoms with Crippen molar-refractivity contribution in [1.82, 2.24) is 14.8 Å². The van der Waals surface area contributed by atoms with Crippen LogP contribution in [0.1, 0.15) is 35.6 Å². The van der Waals surface area contributed by atoms with Gasteiger partial charge in [0.05, 0.1) is 18.6 Å². The number of thioether (sulfide) groups is 1. The summed E-state index contributed by atoms with van der Waals surface area (Å²) in [6.45, 7) is 3.13. The first-order valence-electron chi connectivity index (χ1n) is 13.3. The van der Waals surface area contributed by atoms with Gasteiger partial charge in [-0.2, -0.15) is 0 Å². The molecule has 0 saturated carbocycles. The molecule has 3 atom stereocenters. The number of aliphatic hydroxyl groups is 1. The minimum Gasteiger partial charge on any atom is -0.391 e. The molecule has 40 heavy (non-hydrogen) atoms. The van der Waals surface area contributed by atoms with E-state index in [4.69, 9.17) is 11.6 Å². The molecule has 0 radical (unpaired) electrons. The number of aromatic nitrogens is 1. The van der Waals surface area contributed by atoms with Crippen LogP contribution in [-0.4, -0.2) is 55.6 Å². The van der Waals surface area contributed by atoms with E-state index in [9.17, 15) is 14.7 Å². The zero-order chi connectivity index (χ0) is 28.0. The maximum Gasteiger partial charge on any atom is 0.242 e. The van der Waals surface area contributed by atoms with Gasteiger partial charge in [-0.25, -0.2) is 0 Å². The Balaban J connectivity index is 1.53. The van der Waals surface area contributed by atoms with Gasteiger partial charge in [-0.15, -0.1) is 11.8 Å². The Hall–Kier alpha value is -2.78. The minimum atomic E-state index is -1.14. The Morgan fingerprint density at radius 2 is 1.90 bits per heavy atom. The number of hydrogen-bond acceptors (Lipinski definition) is 4. The summed E-state index contributed by atoms with van der Waals surface area (Å²) in [5.74, 6) is -0.196. The van der Waals surface area contributed by atoms with Crippen LogP contribution >= 0.6 is 39.3 Å². The standard InChI is InChI=1S/C31H29BrClN3O3S/c1-19-2-9-24(10-3-19)40-31(30(39)35-13-12-23(37)18-35)15-28(38)36(17-20-4-6-21(32)7-5-20)29(31)26-16-34-27-14-22(33)8-11-25(26)27/h2-11,14,16,23,29,34,37H,12-13,15,17-18H2,1H3/t23?,29-,31-/m0/s1. The number of amides is 2. The van der Waals surface area contributed by atoms with Crippen LogP contribution < -0.4 is 0 Å². The van der Waals surface area contributed by atoms with Crippen molar-refractivity contribution in [3.05, 3.63) is 99.1 Å². The number of carbonyl (C=O) groups excluding carboxylic acids is 2. The number of nitrogens with one attached hydrogen (secondary N) is 1. The van der Waals surface area contributed by atoms with Crippen LogP contribution in [0.4, 0.5) is 0 Å². The Morgan fingerprint density at radius 1 is 1.15 bits per heavy atom. The molecule has 3 aromatic carbocycles. The number of aliphatic hydroxyl groups excluding tert-OH is 1. The number of halogens is 2. The molecule has 0 aliphatic carbocycles. The molecule has 4 aromatic rings. The van der Waals surface area contributed by atoms with Crippen molar-refractivity contribution in [3.8, 4) is 0 Å². The monoisotopic (exact) mass is 637 g/mol. The molecule has 3 heterocycles. The fraction of sp³-hybridized carbons (Fsp3) is 0.290. The van der Waals surface area contributed by atoms with Crippen molar-refractivity contribution in [2.75, 3.05) is 13.1 Å². The summed E-state index contributed by atoms with van der Waals surface area (Å²) in [5.41, 5.74) is 3.83. The van der Waals surface area contributed by atoms with Crippen molar-refractivity contribution >= 4 is 62.0 Å². The lowest BCUT2D eigenvalue weighted by molar-refractivity contribution is -0.134. The van der Waals surface area contributed by atoms with Gasteiger partial charge in [-0.3, -0.25) is 9.59 Å². The zero-order valence-electron chi connectivity index (χ0n) is 21.9. The molecule has 2 N–H and O–H groups in total. The molecule has 2 amide bonds. The smallest absolute Gasteiger partial charge is 0.242 e. The Bertz CT molecular complexity index is 1580. The van der Waals surface area contributed by atoms with Crippen LogP contribution in [0.2, 0.25) is 5.02 Å². The zero-order valence-corrected chi connectivity index (χ0v) is 25.1. The Morgan fingerprint density at radius 3 is 2.60 bits per heavy atom. The summed E-state index contributed by atoms with van der Waals surface area (Å²) < 4.78 is -0.179. The fourth-order valence-electron chi connectivity index (χ4n) is 5.89. The van der Waals surface area contributed by atoms with E-state index in [-0.39, 0.29) is 24.8 Å². The van der Waals surface area contributed by atoms with Crippen LogP contribution in [0.3, 0.4) is 0 Å². The van der Waals surface area contributed by atoms with E-state index < -0.39 is 16.9 Å². The van der Waals surface area contributed by atoms with Gasteiger partial charge in [-0.1, -0.05) is 63.4 Å². The number of fused-ring (bicyclic) bond motifs is 1. The lowest BCUT2D eigenvalue weighted by Gasteiger charge is -2.38. The van der Waals surface area contributed by atoms with Crippen molar-refractivity contribution in [1.29, 1.82) is 0 Å². The number of nitrogens with zero attached hydrogens (tertiary/aromatic N) is 2. The number of aryl methyl sites for hydroxylation is 1. The van der Waals surface area contributed by atoms with E-state index in [0.717, 1.165) is 37.0 Å². The van der Waals surface area contributed by atoms with Crippen LogP contribution in [0.25, 0.3) is 10.9 Å². The largest absolute Gasteiger partial charge is 0.391 e. The van der Waals surface area contributed by atoms with Gasteiger partial charge in [0.1, 0.15) is 4.75 Å². The highest BCUT2D eigenvalue weighted by Crippen LogP contribution is 2.55. The Kier molecular flexibility index (Phi) is 7.46. The van der Waals surface area contributed by atoms with E-state index in [1.807, 2.05) is 84.8 Å². The van der Waals surface area contributed by atoms with Gasteiger partial charge >= 0.3 is 0 Å². The second-order valence-corrected chi connectivity index (χ2v) is 13.4. The van der Waals surface area contributed by atoms with Crippen LogP contribution in [-0.2, 0) is 16.1 Å². The van der Waals surface area contributed by atoms with Gasteiger partial charge in [0, 0.05) is 56.7 Å². The highest BCUT2D eigenvalue weighted by atomic mass is 79.9. The molecular formula is C31H29BrClN3O3S. The van der Waals surface area contributed by atoms with Gasteiger partial charge in [0.15, 0.2) is 0 Å². The highest BCUT2D eigenvalue weighted by Gasteiger charge is 2.60. The van der Waals surface area contributed by atoms with Gasteiger partial charge < -0.3 is 19.9 Å². The highest BCUT2D eigenvalue weighted by molar-refractivity contribution is 9.10. The van der Waals surface area contributed by atoms with Crippen molar-refractivity contribution in [3.63, 3.8) is 0 Å². The van der Waals surface area contributed by atoms with Crippen LogP contribution in [0.5, 0.6) is 0 Å². The lowest BCUT2D eigenvalue weighted by Crippen LogP contribution is -2.49. The normalized spacial score (nSPS) is 22.9. The SMILES string of the molecule is Cc1ccc(S[C@@]2(C(=O)N3CCC(O)C3)CC(=O)N(Cc3ccc(Br)cc3)[C@H]2c2c[nH]c3cc(Cl)ccc23)cc1. The molecule has 9 heteroatoms. The van der Waals surface area contributed by atoms with Crippen LogP contribution in [0, 0.1) is 6.92 Å². The molecule has 2 fully saturated rings. The Labute approximate surface area is 250 Å². The number of carbonyl (C=O) groups is 2. The molecule has 1 unspecified atom stereocenters. The second kappa shape index (κ2) is 10.9. The quantitative estimate of drug-likeness (QED) is 0.253. The molecule has 206 valence electrons. The third-order valence-electron chi connectivity index (χ3n) is 7.86. The van der Waals surface area contributed by atoms with Crippen LogP contribution in [0.15, 0.2) is 82.3 Å². The summed E-state index contributed by atoms with van der Waals surface area (Å²) >= 11 is 11.3. The van der Waals surface area contributed by atoms with E-state index in [0.29, 0.717) is 24.5 Å². The average Bonchev–Trinajstić information content (AvgIpc) is 3.62. The maximum absolute atomic E-state index is 14.6. The fourth-order valence-corrected chi connectivity index (χ4v) is 7.80. The van der Waals surface area contributed by atoms with Crippen molar-refractivity contribution in [2.45, 2.75) is 48.1 Å². The third-order valence-corrected chi connectivity index (χ3v) is 10.0. The number of β-amino-alcohol motifs (C(OH)–C–C–N with tert-alkyl or cyclic N) is 1. The van der Waals surface area contributed by atoms with Gasteiger partial charge in [0.25, 0.3) is 0 Å². The molecule has 6 rings (SSSR count). The summed E-state index contributed by atoms with van der Waals surface area (Å²) in [7, 11) is 0. The van der Waals surface area contributed by atoms with E-state index >= 15 is 0 Å². The lowest BCUT2D eigenvalue weighted by atomic mass is 9.90. The summed E-state index contributed by atoms with van der Waals surface area (Å²) in [4.78, 5) is 36.5. The molecule has 1 aromatic heterocycles. The summed E-state index contributed by atoms with van der Waals surface area (Å²) in [6, 6.07) is 21.1. The second-order valence-electron chi connectivity index (χ2n) is 10.7. The van der Waals surface area contributed by atoms with Gasteiger partial charge in [-0.05, 0) is 55.3 Å². The van der Waals surface area contributed by atoms with E-state index in [1.54, 1.807) is 4.90 Å². The molecular weight excluding hydrogens is 610 g/mol. The number of H-pyrrole nitrogens is 1. The predicted molar refractivity (Wildman–Crippen MR) is 162 cm³/mol. The molecule has 2 aliphatic rings. The number of rotatable bonds is 6. The van der Waals surface area contributed by atoms with Gasteiger partial charge in [0.2, 0.25) is 11.8 Å². The summed E-state index contributed by atoms with van der Waals surface area (Å²) in [5, 5.41) is 11.9. The number of hydrogen-bond donors (Lipinski definition) is 2. The predicted octanol–water partition coefficient (Wildman–Crippen LogP) is 6.49. The summed E-state index contributed by atoms with van der Waals surface area (Å²) in [6.07, 6.45) is 1.94. The maximum atomic E-state index is 14.6. The van der Waals surface area contributed by atoms with E-state index in [1.165, 1.54) is 11.8 Å². The molecule has 0 spiro atoms. The minimum absolute atomic E-state index is 0.0540. The molecule has 2 saturated heterocycles. The first-order chi connectivity index (χ1) is 19.2. The number of likely N-dealkylation sites (tertiary alicyclic amines) is 2. The average molecular weight is 639 g/mol. The number of benzene rings is 3.